The zero-order valence-electron chi connectivity index (χ0n) is 14.7. The van der Waals surface area contributed by atoms with Gasteiger partial charge in [0, 0.05) is 18.6 Å². The Balaban J connectivity index is 1.48. The highest BCUT2D eigenvalue weighted by Crippen LogP contribution is 2.21. The minimum Gasteiger partial charge on any atom is -0.335 e. The maximum Gasteiger partial charge on any atom is 0.177 e. The van der Waals surface area contributed by atoms with Crippen LogP contribution in [0.3, 0.4) is 0 Å². The molecule has 7 heteroatoms. The van der Waals surface area contributed by atoms with Crippen LogP contribution in [0.4, 0.5) is 0 Å². The van der Waals surface area contributed by atoms with Gasteiger partial charge in [0.1, 0.15) is 11.3 Å². The molecule has 0 saturated carbocycles. The van der Waals surface area contributed by atoms with Gasteiger partial charge in [0.05, 0.1) is 30.2 Å². The molecule has 0 spiro atoms. The number of hydrogen-bond donors (Lipinski definition) is 1. The molecule has 27 heavy (non-hydrogen) atoms. The van der Waals surface area contributed by atoms with Crippen LogP contribution in [0.5, 0.6) is 0 Å². The molecule has 0 aliphatic carbocycles. The highest BCUT2D eigenvalue weighted by atomic mass is 15.3. The van der Waals surface area contributed by atoms with E-state index < -0.39 is 0 Å². The number of rotatable bonds is 4. The lowest BCUT2D eigenvalue weighted by Gasteiger charge is -2.01. The topological polar surface area (TPSA) is 77.2 Å². The number of aromatic nitrogens is 7. The number of fused-ring (bicyclic) bond motifs is 1. The molecule has 0 amide bonds. The van der Waals surface area contributed by atoms with E-state index in [2.05, 4.69) is 39.2 Å². The number of pyridine rings is 1. The van der Waals surface area contributed by atoms with Crippen LogP contribution in [0.1, 0.15) is 11.1 Å². The first-order chi connectivity index (χ1) is 13.3. The van der Waals surface area contributed by atoms with Gasteiger partial charge in [-0.05, 0) is 42.3 Å². The summed E-state index contributed by atoms with van der Waals surface area (Å²) in [6.07, 6.45) is 9.17. The van der Waals surface area contributed by atoms with Crippen LogP contribution in [-0.2, 0) is 6.54 Å². The molecular weight excluding hydrogens is 338 g/mol. The number of imidazole rings is 1. The van der Waals surface area contributed by atoms with Crippen molar-refractivity contribution < 1.29 is 0 Å². The Kier molecular flexibility index (Phi) is 3.57. The van der Waals surface area contributed by atoms with Gasteiger partial charge in [-0.15, -0.1) is 0 Å². The summed E-state index contributed by atoms with van der Waals surface area (Å²) in [6, 6.07) is 12.2. The third-order valence-corrected chi connectivity index (χ3v) is 4.49. The van der Waals surface area contributed by atoms with Crippen molar-refractivity contribution in [3.63, 3.8) is 0 Å². The Morgan fingerprint density at radius 1 is 1.04 bits per heavy atom. The van der Waals surface area contributed by atoms with Crippen molar-refractivity contribution in [1.29, 1.82) is 0 Å². The van der Waals surface area contributed by atoms with E-state index in [9.17, 15) is 0 Å². The van der Waals surface area contributed by atoms with Crippen molar-refractivity contribution in [3.8, 4) is 17.1 Å². The normalized spacial score (nSPS) is 11.3. The maximum atomic E-state index is 4.74. The average molecular weight is 355 g/mol. The minimum atomic E-state index is 0.652. The summed E-state index contributed by atoms with van der Waals surface area (Å²) in [5.74, 6) is 0.782. The maximum absolute atomic E-state index is 4.74. The molecule has 4 aromatic heterocycles. The molecule has 0 fully saturated rings. The second-order valence-corrected chi connectivity index (χ2v) is 6.49. The van der Waals surface area contributed by atoms with Crippen LogP contribution >= 0.6 is 0 Å². The third kappa shape index (κ3) is 2.89. The molecular formula is C20H17N7. The van der Waals surface area contributed by atoms with E-state index in [1.165, 1.54) is 5.56 Å². The van der Waals surface area contributed by atoms with Crippen molar-refractivity contribution in [2.24, 2.45) is 0 Å². The summed E-state index contributed by atoms with van der Waals surface area (Å²) in [7, 11) is 0. The summed E-state index contributed by atoms with van der Waals surface area (Å²) < 4.78 is 3.74. The number of aryl methyl sites for hydroxylation is 1. The van der Waals surface area contributed by atoms with E-state index in [0.717, 1.165) is 33.8 Å². The lowest BCUT2D eigenvalue weighted by atomic mass is 10.2. The SMILES string of the molecule is Cc1cccc(-n2cc(-c3nc4c(cnn4Cc4ccncc4)[nH]3)cn2)c1. The molecule has 7 nitrogen and oxygen atoms in total. The molecule has 0 aliphatic heterocycles. The van der Waals surface area contributed by atoms with E-state index in [1.807, 2.05) is 46.0 Å². The second-order valence-electron chi connectivity index (χ2n) is 6.49. The molecule has 4 heterocycles. The molecule has 0 unspecified atom stereocenters. The first kappa shape index (κ1) is 15.5. The molecule has 0 radical (unpaired) electrons. The number of nitrogens with zero attached hydrogens (tertiary/aromatic N) is 6. The summed E-state index contributed by atoms with van der Waals surface area (Å²) >= 11 is 0. The van der Waals surface area contributed by atoms with Crippen LogP contribution in [-0.4, -0.2) is 34.5 Å². The van der Waals surface area contributed by atoms with Gasteiger partial charge in [-0.25, -0.2) is 14.3 Å². The Hall–Kier alpha value is -3.74. The fourth-order valence-electron chi connectivity index (χ4n) is 3.12. The summed E-state index contributed by atoms with van der Waals surface area (Å²) in [6.45, 7) is 2.72. The van der Waals surface area contributed by atoms with Gasteiger partial charge in [-0.2, -0.15) is 10.2 Å². The highest BCUT2D eigenvalue weighted by Gasteiger charge is 2.13. The molecule has 0 atom stereocenters. The number of benzene rings is 1. The first-order valence-corrected chi connectivity index (χ1v) is 8.69. The van der Waals surface area contributed by atoms with Gasteiger partial charge in [0.15, 0.2) is 5.65 Å². The Morgan fingerprint density at radius 2 is 1.93 bits per heavy atom. The van der Waals surface area contributed by atoms with Gasteiger partial charge < -0.3 is 4.98 Å². The van der Waals surface area contributed by atoms with Crippen molar-refractivity contribution in [2.45, 2.75) is 13.5 Å². The van der Waals surface area contributed by atoms with E-state index in [-0.39, 0.29) is 0 Å². The van der Waals surface area contributed by atoms with Gasteiger partial charge in [-0.1, -0.05) is 12.1 Å². The largest absolute Gasteiger partial charge is 0.335 e. The Labute approximate surface area is 155 Å². The predicted molar refractivity (Wildman–Crippen MR) is 103 cm³/mol. The first-order valence-electron chi connectivity index (χ1n) is 8.69. The summed E-state index contributed by atoms with van der Waals surface area (Å²) in [5.41, 5.74) is 6.02. The van der Waals surface area contributed by atoms with Gasteiger partial charge in [0.2, 0.25) is 0 Å². The molecule has 132 valence electrons. The Bertz CT molecular complexity index is 1210. The van der Waals surface area contributed by atoms with Gasteiger partial charge in [-0.3, -0.25) is 4.98 Å². The molecule has 0 aliphatic rings. The quantitative estimate of drug-likeness (QED) is 0.536. The Morgan fingerprint density at radius 3 is 2.78 bits per heavy atom. The van der Waals surface area contributed by atoms with E-state index in [0.29, 0.717) is 6.54 Å². The lowest BCUT2D eigenvalue weighted by molar-refractivity contribution is 0.704. The monoisotopic (exact) mass is 355 g/mol. The van der Waals surface area contributed by atoms with Gasteiger partial charge >= 0.3 is 0 Å². The molecule has 0 saturated heterocycles. The van der Waals surface area contributed by atoms with Crippen LogP contribution in [0.15, 0.2) is 67.4 Å². The van der Waals surface area contributed by atoms with E-state index in [4.69, 9.17) is 4.98 Å². The fraction of sp³-hybridized carbons (Fsp3) is 0.100. The van der Waals surface area contributed by atoms with Crippen molar-refractivity contribution in [1.82, 2.24) is 34.5 Å². The van der Waals surface area contributed by atoms with Crippen LogP contribution in [0, 0.1) is 6.92 Å². The number of H-pyrrole nitrogens is 1. The summed E-state index contributed by atoms with van der Waals surface area (Å²) in [5, 5.41) is 8.91. The summed E-state index contributed by atoms with van der Waals surface area (Å²) in [4.78, 5) is 12.1. The van der Waals surface area contributed by atoms with Crippen molar-refractivity contribution >= 4 is 11.2 Å². The lowest BCUT2D eigenvalue weighted by Crippen LogP contribution is -2.01. The van der Waals surface area contributed by atoms with E-state index >= 15 is 0 Å². The van der Waals surface area contributed by atoms with Crippen LogP contribution in [0.2, 0.25) is 0 Å². The fourth-order valence-corrected chi connectivity index (χ4v) is 3.12. The van der Waals surface area contributed by atoms with Crippen molar-refractivity contribution in [2.75, 3.05) is 0 Å². The van der Waals surface area contributed by atoms with Crippen LogP contribution < -0.4 is 0 Å². The predicted octanol–water partition coefficient (Wildman–Crippen LogP) is 3.36. The third-order valence-electron chi connectivity index (χ3n) is 4.49. The number of hydrogen-bond acceptors (Lipinski definition) is 4. The average Bonchev–Trinajstić information content (AvgIpc) is 3.39. The molecule has 5 aromatic rings. The zero-order valence-corrected chi connectivity index (χ0v) is 14.7. The smallest absolute Gasteiger partial charge is 0.177 e. The standard InChI is InChI=1S/C20H17N7/c1-14-3-2-4-17(9-14)26-13-16(10-22-26)19-24-18-11-23-27(20(18)25-19)12-15-5-7-21-8-6-15/h2-11,13H,12H2,1H3,(H,24,25). The van der Waals surface area contributed by atoms with E-state index in [1.54, 1.807) is 18.6 Å². The molecule has 1 aromatic carbocycles. The van der Waals surface area contributed by atoms with Crippen molar-refractivity contribution in [3.05, 3.63) is 78.5 Å². The molecule has 0 bridgehead atoms. The molecule has 1 N–H and O–H groups in total. The van der Waals surface area contributed by atoms with Gasteiger partial charge in [0.25, 0.3) is 0 Å². The minimum absolute atomic E-state index is 0.652. The van der Waals surface area contributed by atoms with Crippen LogP contribution in [0.25, 0.3) is 28.2 Å². The molecule has 5 rings (SSSR count). The zero-order chi connectivity index (χ0) is 18.2. The second kappa shape index (κ2) is 6.21. The highest BCUT2D eigenvalue weighted by molar-refractivity contribution is 5.75. The number of aromatic amines is 1. The number of nitrogens with one attached hydrogen (secondary N) is 1.